The maximum absolute atomic E-state index is 13.6. The molecule has 0 unspecified atom stereocenters. The van der Waals surface area contributed by atoms with Crippen molar-refractivity contribution < 1.29 is 13.2 Å². The number of nitrogens with zero attached hydrogens (tertiary/aromatic N) is 7. The quantitative estimate of drug-likeness (QED) is 0.241. The van der Waals surface area contributed by atoms with Crippen LogP contribution in [0.4, 0.5) is 24.5 Å². The summed E-state index contributed by atoms with van der Waals surface area (Å²) in [6, 6.07) is 14.3. The Bertz CT molecular complexity index is 1850. The first-order valence-corrected chi connectivity index (χ1v) is 13.6. The second-order valence-electron chi connectivity index (χ2n) is 11.7. The van der Waals surface area contributed by atoms with Crippen LogP contribution in [0.2, 0.25) is 0 Å². The van der Waals surface area contributed by atoms with Crippen molar-refractivity contribution in [1.82, 2.24) is 20.0 Å². The van der Waals surface area contributed by atoms with Crippen LogP contribution in [0.1, 0.15) is 73.2 Å². The Balaban J connectivity index is 1.64. The fourth-order valence-corrected chi connectivity index (χ4v) is 4.80. The van der Waals surface area contributed by atoms with Gasteiger partial charge in [0.25, 0.3) is 0 Å². The Labute approximate surface area is 246 Å². The van der Waals surface area contributed by atoms with Gasteiger partial charge in [-0.1, -0.05) is 17.3 Å². The lowest BCUT2D eigenvalue weighted by molar-refractivity contribution is -0.206. The third kappa shape index (κ3) is 5.42. The number of anilines is 2. The maximum Gasteiger partial charge on any atom is 0.395 e. The highest BCUT2D eigenvalue weighted by Crippen LogP contribution is 2.43. The lowest BCUT2D eigenvalue weighted by atomic mass is 9.92. The molecule has 1 atom stereocenters. The molecular formula is C31H28F3N9. The molecule has 1 saturated carbocycles. The van der Waals surface area contributed by atoms with Gasteiger partial charge in [0.05, 0.1) is 57.2 Å². The number of halogens is 3. The van der Waals surface area contributed by atoms with E-state index in [0.717, 1.165) is 37.8 Å². The van der Waals surface area contributed by atoms with Crippen LogP contribution in [0.15, 0.2) is 42.7 Å². The van der Waals surface area contributed by atoms with E-state index in [1.807, 2.05) is 29.9 Å². The monoisotopic (exact) mass is 583 g/mol. The number of fused-ring (bicyclic) bond motifs is 1. The van der Waals surface area contributed by atoms with E-state index >= 15 is 0 Å². The summed E-state index contributed by atoms with van der Waals surface area (Å²) in [6.07, 6.45) is 0.565. The topological polar surface area (TPSA) is 139 Å². The molecule has 5 rings (SSSR count). The van der Waals surface area contributed by atoms with Crippen LogP contribution in [0.3, 0.4) is 0 Å². The van der Waals surface area contributed by atoms with Crippen LogP contribution >= 0.6 is 0 Å². The lowest BCUT2D eigenvalue weighted by Gasteiger charge is -2.28. The van der Waals surface area contributed by atoms with E-state index < -0.39 is 24.2 Å². The second kappa shape index (κ2) is 10.6. The van der Waals surface area contributed by atoms with Crippen molar-refractivity contribution in [2.75, 3.05) is 17.2 Å². The normalized spacial score (nSPS) is 14.8. The molecule has 218 valence electrons. The smallest absolute Gasteiger partial charge is 0.382 e. The van der Waals surface area contributed by atoms with E-state index in [1.54, 1.807) is 24.3 Å². The first-order valence-electron chi connectivity index (χ1n) is 13.6. The number of hydrogen-bond acceptors (Lipinski definition) is 8. The van der Waals surface area contributed by atoms with E-state index in [2.05, 4.69) is 45.0 Å². The van der Waals surface area contributed by atoms with Gasteiger partial charge >= 0.3 is 6.18 Å². The van der Waals surface area contributed by atoms with Gasteiger partial charge in [-0.3, -0.25) is 4.98 Å². The van der Waals surface area contributed by atoms with Gasteiger partial charge in [0, 0.05) is 23.8 Å². The zero-order valence-electron chi connectivity index (χ0n) is 24.0. The van der Waals surface area contributed by atoms with Gasteiger partial charge in [-0.15, -0.1) is 5.10 Å². The number of alkyl halides is 3. The number of pyridine rings is 1. The summed E-state index contributed by atoms with van der Waals surface area (Å²) in [4.78, 5) is 4.29. The minimum atomic E-state index is -4.49. The van der Waals surface area contributed by atoms with Gasteiger partial charge < -0.3 is 10.6 Å². The summed E-state index contributed by atoms with van der Waals surface area (Å²) in [6.45, 7) is 5.56. The minimum absolute atomic E-state index is 0.0428. The van der Waals surface area contributed by atoms with E-state index in [9.17, 15) is 29.0 Å². The molecule has 2 aromatic carbocycles. The molecule has 1 aliphatic rings. The van der Waals surface area contributed by atoms with Gasteiger partial charge in [0.2, 0.25) is 0 Å². The first kappa shape index (κ1) is 29.3. The summed E-state index contributed by atoms with van der Waals surface area (Å²) in [7, 11) is 0. The van der Waals surface area contributed by atoms with Crippen molar-refractivity contribution in [3.63, 3.8) is 0 Å². The second-order valence-corrected chi connectivity index (χ2v) is 11.7. The Hall–Kier alpha value is -5.15. The van der Waals surface area contributed by atoms with Crippen molar-refractivity contribution in [1.29, 1.82) is 15.8 Å². The zero-order valence-corrected chi connectivity index (χ0v) is 24.0. The van der Waals surface area contributed by atoms with Crippen LogP contribution in [-0.4, -0.2) is 32.7 Å². The molecule has 2 aromatic heterocycles. The van der Waals surface area contributed by atoms with Gasteiger partial charge in [-0.25, -0.2) is 4.68 Å². The maximum atomic E-state index is 13.6. The number of benzene rings is 2. The van der Waals surface area contributed by atoms with Crippen molar-refractivity contribution in [3.05, 3.63) is 76.2 Å². The lowest BCUT2D eigenvalue weighted by Crippen LogP contribution is -2.38. The van der Waals surface area contributed by atoms with Crippen molar-refractivity contribution in [2.45, 2.75) is 58.3 Å². The highest BCUT2D eigenvalue weighted by Gasteiger charge is 2.47. The van der Waals surface area contributed by atoms with Gasteiger partial charge in [0.1, 0.15) is 17.8 Å². The van der Waals surface area contributed by atoms with Crippen molar-refractivity contribution >= 4 is 22.3 Å². The molecule has 0 saturated heterocycles. The molecule has 4 aromatic rings. The van der Waals surface area contributed by atoms with E-state index in [1.165, 1.54) is 6.20 Å². The molecule has 1 fully saturated rings. The van der Waals surface area contributed by atoms with E-state index in [4.69, 9.17) is 0 Å². The predicted molar refractivity (Wildman–Crippen MR) is 154 cm³/mol. The van der Waals surface area contributed by atoms with Gasteiger partial charge in [-0.05, 0) is 69.9 Å². The molecule has 0 aliphatic heterocycles. The van der Waals surface area contributed by atoms with Gasteiger partial charge in [0.15, 0.2) is 0 Å². The van der Waals surface area contributed by atoms with Crippen molar-refractivity contribution in [2.24, 2.45) is 5.41 Å². The van der Waals surface area contributed by atoms with Crippen LogP contribution in [0, 0.1) is 46.3 Å². The molecule has 1 aliphatic carbocycles. The first-order chi connectivity index (χ1) is 20.3. The predicted octanol–water partition coefficient (Wildman–Crippen LogP) is 6.46. The molecule has 12 heteroatoms. The van der Waals surface area contributed by atoms with Crippen LogP contribution < -0.4 is 10.6 Å². The molecular weight excluding hydrogens is 555 g/mol. The van der Waals surface area contributed by atoms with E-state index in [-0.39, 0.29) is 27.9 Å². The molecule has 43 heavy (non-hydrogen) atoms. The van der Waals surface area contributed by atoms with Crippen molar-refractivity contribution in [3.8, 4) is 18.2 Å². The summed E-state index contributed by atoms with van der Waals surface area (Å²) < 4.78 is 42.8. The highest BCUT2D eigenvalue weighted by atomic mass is 19.4. The summed E-state index contributed by atoms with van der Waals surface area (Å²) >= 11 is 0. The molecule has 0 bridgehead atoms. The fraction of sp³-hybridized carbons (Fsp3) is 0.355. The van der Waals surface area contributed by atoms with E-state index in [0.29, 0.717) is 22.3 Å². The summed E-state index contributed by atoms with van der Waals surface area (Å²) in [5, 5.41) is 44.8. The number of rotatable bonds is 8. The number of nitrogens with one attached hydrogen (secondary N) is 2. The Morgan fingerprint density at radius 1 is 1.05 bits per heavy atom. The molecule has 2 N–H and O–H groups in total. The molecule has 0 radical (unpaired) electrons. The van der Waals surface area contributed by atoms with Crippen LogP contribution in [0.5, 0.6) is 0 Å². The summed E-state index contributed by atoms with van der Waals surface area (Å²) in [5.41, 5.74) is 1.41. The Morgan fingerprint density at radius 3 is 2.37 bits per heavy atom. The average molecular weight is 584 g/mol. The number of nitriles is 3. The third-order valence-corrected chi connectivity index (χ3v) is 8.14. The average Bonchev–Trinajstić information content (AvgIpc) is 3.52. The Morgan fingerprint density at radius 2 is 1.74 bits per heavy atom. The van der Waals surface area contributed by atoms with Crippen LogP contribution in [-0.2, 0) is 5.54 Å². The standard InChI is InChI=1S/C31H28F3N9/c1-18-19(12-35)6-5-7-23(18)28(25-16-43(42-41-25)30(4)8-9-30)40-22-10-20(13-36)26-24(11-22)27(21(14-37)15-38-26)39-17-29(2,3)31(32,33)34/h5-7,10-11,15-16,28,40H,8-9,17H2,1-4H3,(H,38,39)/t28-/m0/s1. The Kier molecular flexibility index (Phi) is 7.23. The molecule has 0 spiro atoms. The fourth-order valence-electron chi connectivity index (χ4n) is 4.80. The molecule has 0 amide bonds. The third-order valence-electron chi connectivity index (χ3n) is 8.14. The zero-order chi connectivity index (χ0) is 31.2. The number of hydrogen-bond donors (Lipinski definition) is 2. The highest BCUT2D eigenvalue weighted by molar-refractivity contribution is 5.99. The van der Waals surface area contributed by atoms with Gasteiger partial charge in [-0.2, -0.15) is 29.0 Å². The SMILES string of the molecule is Cc1c(C#N)cccc1[C@H](Nc1cc(C#N)c2ncc(C#N)c(NCC(C)(C)C(F)(F)F)c2c1)c1cn(C2(C)CC2)nn1. The molecule has 9 nitrogen and oxygen atoms in total. The minimum Gasteiger partial charge on any atom is -0.382 e. The molecule has 2 heterocycles. The largest absolute Gasteiger partial charge is 0.395 e. The summed E-state index contributed by atoms with van der Waals surface area (Å²) in [5.74, 6) is 0. The number of aromatic nitrogens is 4. The van der Waals surface area contributed by atoms with Crippen LogP contribution in [0.25, 0.3) is 10.9 Å².